The topological polar surface area (TPSA) is 105 Å². The zero-order chi connectivity index (χ0) is 24.1. The third-order valence-electron chi connectivity index (χ3n) is 6.88. The molecule has 180 valence electrons. The maximum atomic E-state index is 12.5. The summed E-state index contributed by atoms with van der Waals surface area (Å²) in [4.78, 5) is 36.6. The van der Waals surface area contributed by atoms with Crippen molar-refractivity contribution < 1.29 is 24.2 Å². The van der Waals surface area contributed by atoms with Gasteiger partial charge in [-0.3, -0.25) is 9.59 Å². The Morgan fingerprint density at radius 2 is 1.59 bits per heavy atom. The molecule has 0 bridgehead atoms. The molecule has 7 nitrogen and oxygen atoms in total. The van der Waals surface area contributed by atoms with E-state index in [1.165, 1.54) is 0 Å². The van der Waals surface area contributed by atoms with Crippen molar-refractivity contribution in [1.82, 2.24) is 10.6 Å². The molecule has 0 spiro atoms. The maximum Gasteiger partial charge on any atom is 0.407 e. The number of fused-ring (bicyclic) bond motifs is 3. The maximum absolute atomic E-state index is 12.5. The number of ether oxygens (including phenoxy) is 1. The standard InChI is InChI=1S/C27H32N2O5/c1-17(15-25(30)29-24-14-4-2-3-13-22(24)26(31)32)28-27(33)34-16-23-20-11-7-5-9-18(20)19-10-6-8-12-21(19)23/h5-12,17,22-24H,2-4,13-16H2,1H3,(H,28,33)(H,29,30)(H,31,32)/t17-,22+,24-/m1/s1. The summed E-state index contributed by atoms with van der Waals surface area (Å²) in [6.45, 7) is 1.95. The van der Waals surface area contributed by atoms with Crippen LogP contribution in [-0.2, 0) is 14.3 Å². The fourth-order valence-corrected chi connectivity index (χ4v) is 5.21. The molecule has 2 aromatic rings. The van der Waals surface area contributed by atoms with Crippen molar-refractivity contribution in [3.05, 3.63) is 59.7 Å². The van der Waals surface area contributed by atoms with E-state index in [4.69, 9.17) is 4.74 Å². The molecule has 2 amide bonds. The first-order valence-electron chi connectivity index (χ1n) is 12.1. The summed E-state index contributed by atoms with van der Waals surface area (Å²) in [5, 5.41) is 15.1. The average molecular weight is 465 g/mol. The number of rotatable bonds is 7. The van der Waals surface area contributed by atoms with Crippen LogP contribution < -0.4 is 10.6 Å². The molecule has 0 saturated heterocycles. The van der Waals surface area contributed by atoms with Gasteiger partial charge in [0.2, 0.25) is 5.91 Å². The quantitative estimate of drug-likeness (QED) is 0.525. The predicted molar refractivity (Wildman–Crippen MR) is 128 cm³/mol. The van der Waals surface area contributed by atoms with Crippen molar-refractivity contribution in [3.8, 4) is 11.1 Å². The monoisotopic (exact) mass is 464 g/mol. The molecule has 1 fully saturated rings. The second-order valence-electron chi connectivity index (χ2n) is 9.33. The fraction of sp³-hybridized carbons (Fsp3) is 0.444. The first-order valence-corrected chi connectivity index (χ1v) is 12.1. The van der Waals surface area contributed by atoms with Crippen LogP contribution in [0.25, 0.3) is 11.1 Å². The number of hydrogen-bond acceptors (Lipinski definition) is 4. The summed E-state index contributed by atoms with van der Waals surface area (Å²) >= 11 is 0. The summed E-state index contributed by atoms with van der Waals surface area (Å²) in [5.41, 5.74) is 4.60. The van der Waals surface area contributed by atoms with Gasteiger partial charge in [0.1, 0.15) is 6.61 Å². The van der Waals surface area contributed by atoms with Crippen LogP contribution >= 0.6 is 0 Å². The Morgan fingerprint density at radius 3 is 2.24 bits per heavy atom. The van der Waals surface area contributed by atoms with Crippen molar-refractivity contribution in [1.29, 1.82) is 0 Å². The van der Waals surface area contributed by atoms with Gasteiger partial charge in [0.25, 0.3) is 0 Å². The van der Waals surface area contributed by atoms with Crippen LogP contribution in [-0.4, -0.2) is 41.8 Å². The van der Waals surface area contributed by atoms with E-state index in [0.29, 0.717) is 12.8 Å². The van der Waals surface area contributed by atoms with Gasteiger partial charge in [0, 0.05) is 24.4 Å². The van der Waals surface area contributed by atoms with E-state index in [0.717, 1.165) is 41.5 Å². The number of amides is 2. The Labute approximate surface area is 199 Å². The van der Waals surface area contributed by atoms with Crippen LogP contribution in [0.1, 0.15) is 62.5 Å². The van der Waals surface area contributed by atoms with Gasteiger partial charge in [-0.25, -0.2) is 4.79 Å². The molecule has 34 heavy (non-hydrogen) atoms. The second-order valence-corrected chi connectivity index (χ2v) is 9.33. The molecule has 3 N–H and O–H groups in total. The molecular weight excluding hydrogens is 432 g/mol. The van der Waals surface area contributed by atoms with Gasteiger partial charge in [0.15, 0.2) is 0 Å². The summed E-state index contributed by atoms with van der Waals surface area (Å²) < 4.78 is 5.55. The summed E-state index contributed by atoms with van der Waals surface area (Å²) in [5.74, 6) is -1.71. The number of carbonyl (C=O) groups excluding carboxylic acids is 2. The molecule has 7 heteroatoms. The van der Waals surface area contributed by atoms with Crippen molar-refractivity contribution in [2.75, 3.05) is 6.61 Å². The summed E-state index contributed by atoms with van der Waals surface area (Å²) in [6, 6.07) is 15.5. The van der Waals surface area contributed by atoms with Gasteiger partial charge < -0.3 is 20.5 Å². The van der Waals surface area contributed by atoms with Crippen LogP contribution in [0.15, 0.2) is 48.5 Å². The third-order valence-corrected chi connectivity index (χ3v) is 6.88. The van der Waals surface area contributed by atoms with E-state index in [1.807, 2.05) is 24.3 Å². The lowest BCUT2D eigenvalue weighted by Gasteiger charge is -2.24. The Balaban J connectivity index is 1.28. The van der Waals surface area contributed by atoms with Crippen LogP contribution in [0, 0.1) is 5.92 Å². The Hall–Kier alpha value is -3.35. The Morgan fingerprint density at radius 1 is 0.971 bits per heavy atom. The lowest BCUT2D eigenvalue weighted by Crippen LogP contribution is -2.45. The fourth-order valence-electron chi connectivity index (χ4n) is 5.21. The molecule has 1 saturated carbocycles. The highest BCUT2D eigenvalue weighted by molar-refractivity contribution is 5.80. The molecule has 0 aromatic heterocycles. The van der Waals surface area contributed by atoms with E-state index in [9.17, 15) is 19.5 Å². The zero-order valence-electron chi connectivity index (χ0n) is 19.5. The smallest absolute Gasteiger partial charge is 0.407 e. The Bertz CT molecular complexity index is 1010. The number of nitrogens with one attached hydrogen (secondary N) is 2. The number of carboxylic acid groups (broad SMARTS) is 1. The molecule has 0 unspecified atom stereocenters. The van der Waals surface area contributed by atoms with E-state index in [-0.39, 0.29) is 30.9 Å². The minimum absolute atomic E-state index is 0.0278. The molecule has 0 radical (unpaired) electrons. The Kier molecular flexibility index (Phi) is 7.50. The molecule has 2 aliphatic carbocycles. The molecular formula is C27H32N2O5. The number of aliphatic carboxylic acids is 1. The van der Waals surface area contributed by atoms with Crippen molar-refractivity contribution in [3.63, 3.8) is 0 Å². The lowest BCUT2D eigenvalue weighted by molar-refractivity contribution is -0.143. The largest absolute Gasteiger partial charge is 0.481 e. The van der Waals surface area contributed by atoms with Crippen LogP contribution in [0.4, 0.5) is 4.79 Å². The minimum Gasteiger partial charge on any atom is -0.481 e. The first-order chi connectivity index (χ1) is 16.4. The van der Waals surface area contributed by atoms with Crippen molar-refractivity contribution in [2.24, 2.45) is 5.92 Å². The molecule has 0 heterocycles. The number of carboxylic acids is 1. The van der Waals surface area contributed by atoms with Crippen LogP contribution in [0.5, 0.6) is 0 Å². The first kappa shape index (κ1) is 23.8. The van der Waals surface area contributed by atoms with E-state index >= 15 is 0 Å². The zero-order valence-corrected chi connectivity index (χ0v) is 19.5. The van der Waals surface area contributed by atoms with E-state index in [1.54, 1.807) is 6.92 Å². The van der Waals surface area contributed by atoms with E-state index < -0.39 is 24.0 Å². The summed E-state index contributed by atoms with van der Waals surface area (Å²) in [7, 11) is 0. The highest BCUT2D eigenvalue weighted by Gasteiger charge is 2.31. The molecule has 2 aromatic carbocycles. The lowest BCUT2D eigenvalue weighted by atomic mass is 9.94. The minimum atomic E-state index is -0.864. The van der Waals surface area contributed by atoms with Gasteiger partial charge in [-0.2, -0.15) is 0 Å². The molecule has 3 atom stereocenters. The number of alkyl carbamates (subject to hydrolysis) is 1. The number of carbonyl (C=O) groups is 3. The highest BCUT2D eigenvalue weighted by Crippen LogP contribution is 2.44. The molecule has 4 rings (SSSR count). The molecule has 2 aliphatic rings. The van der Waals surface area contributed by atoms with Gasteiger partial charge in [-0.05, 0) is 42.0 Å². The van der Waals surface area contributed by atoms with Gasteiger partial charge in [-0.1, -0.05) is 67.8 Å². The van der Waals surface area contributed by atoms with Gasteiger partial charge in [-0.15, -0.1) is 0 Å². The third kappa shape index (κ3) is 5.41. The average Bonchev–Trinajstić information content (AvgIpc) is 2.94. The van der Waals surface area contributed by atoms with Gasteiger partial charge >= 0.3 is 12.1 Å². The number of hydrogen-bond donors (Lipinski definition) is 3. The summed E-state index contributed by atoms with van der Waals surface area (Å²) in [6.07, 6.45) is 3.49. The van der Waals surface area contributed by atoms with Crippen molar-refractivity contribution >= 4 is 18.0 Å². The molecule has 0 aliphatic heterocycles. The predicted octanol–water partition coefficient (Wildman–Crippen LogP) is 4.45. The van der Waals surface area contributed by atoms with Crippen LogP contribution in [0.3, 0.4) is 0 Å². The van der Waals surface area contributed by atoms with E-state index in [2.05, 4.69) is 34.9 Å². The second kappa shape index (κ2) is 10.7. The SMILES string of the molecule is C[C@H](CC(=O)N[C@@H]1CCCCC[C@@H]1C(=O)O)NC(=O)OCC1c2ccccc2-c2ccccc21. The normalized spacial score (nSPS) is 20.4. The van der Waals surface area contributed by atoms with Crippen LogP contribution in [0.2, 0.25) is 0 Å². The highest BCUT2D eigenvalue weighted by atomic mass is 16.5. The number of benzene rings is 2. The van der Waals surface area contributed by atoms with Gasteiger partial charge in [0.05, 0.1) is 5.92 Å². The van der Waals surface area contributed by atoms with Crippen molar-refractivity contribution in [2.45, 2.75) is 63.5 Å².